The van der Waals surface area contributed by atoms with Crippen LogP contribution < -0.4 is 5.32 Å². The molecule has 6 heteroatoms. The zero-order valence-electron chi connectivity index (χ0n) is 11.6. The summed E-state index contributed by atoms with van der Waals surface area (Å²) in [6, 6.07) is 4.20. The van der Waals surface area contributed by atoms with E-state index in [1.807, 2.05) is 13.8 Å². The molecule has 0 aliphatic heterocycles. The molecule has 0 aliphatic rings. The van der Waals surface area contributed by atoms with Crippen LogP contribution in [0.4, 0.5) is 4.39 Å². The second-order valence-electron chi connectivity index (χ2n) is 4.37. The fraction of sp³-hybridized carbons (Fsp3) is 0.538. The first-order valence-electron chi connectivity index (χ1n) is 6.39. The minimum Gasteiger partial charge on any atom is -0.313 e. The second kappa shape index (κ2) is 6.98. The number of sulfonamides is 1. The zero-order valence-corrected chi connectivity index (χ0v) is 12.4. The van der Waals surface area contributed by atoms with Crippen molar-refractivity contribution in [1.29, 1.82) is 0 Å². The molecular formula is C13H21FN2O2S. The van der Waals surface area contributed by atoms with Crippen LogP contribution >= 0.6 is 0 Å². The third kappa shape index (κ3) is 3.99. The Hall–Kier alpha value is -0.980. The van der Waals surface area contributed by atoms with Gasteiger partial charge in [-0.2, -0.15) is 0 Å². The first-order chi connectivity index (χ1) is 8.93. The van der Waals surface area contributed by atoms with E-state index in [-0.39, 0.29) is 4.90 Å². The standard InChI is InChI=1S/C13H21FN2O2S/c1-4-8-16(3)19(17,18)13-9-11(10-15-5-2)6-7-12(13)14/h6-7,9,15H,4-5,8,10H2,1-3H3. The number of nitrogens with zero attached hydrogens (tertiary/aromatic N) is 1. The maximum atomic E-state index is 13.8. The van der Waals surface area contributed by atoms with Gasteiger partial charge >= 0.3 is 0 Å². The minimum absolute atomic E-state index is 0.251. The lowest BCUT2D eigenvalue weighted by atomic mass is 10.2. The topological polar surface area (TPSA) is 49.4 Å². The Balaban J connectivity index is 3.10. The number of rotatable bonds is 7. The third-order valence-electron chi connectivity index (χ3n) is 2.80. The van der Waals surface area contributed by atoms with E-state index in [4.69, 9.17) is 0 Å². The Morgan fingerprint density at radius 1 is 1.32 bits per heavy atom. The summed E-state index contributed by atoms with van der Waals surface area (Å²) in [6.07, 6.45) is 0.689. The van der Waals surface area contributed by atoms with E-state index < -0.39 is 15.8 Å². The molecule has 1 aromatic rings. The normalized spacial score (nSPS) is 12.1. The van der Waals surface area contributed by atoms with Crippen LogP contribution in [0.5, 0.6) is 0 Å². The molecule has 1 rings (SSSR count). The molecule has 0 fully saturated rings. The van der Waals surface area contributed by atoms with Crippen molar-refractivity contribution < 1.29 is 12.8 Å². The number of hydrogen-bond donors (Lipinski definition) is 1. The van der Waals surface area contributed by atoms with Gasteiger partial charge in [-0.1, -0.05) is 19.9 Å². The molecule has 0 unspecified atom stereocenters. The van der Waals surface area contributed by atoms with Gasteiger partial charge in [0.15, 0.2) is 0 Å². The molecule has 0 aliphatic carbocycles. The molecule has 0 saturated carbocycles. The van der Waals surface area contributed by atoms with Gasteiger partial charge in [0, 0.05) is 20.1 Å². The van der Waals surface area contributed by atoms with Crippen LogP contribution in [-0.2, 0) is 16.6 Å². The van der Waals surface area contributed by atoms with Crippen LogP contribution in [0, 0.1) is 5.82 Å². The first kappa shape index (κ1) is 16.1. The van der Waals surface area contributed by atoms with E-state index in [0.717, 1.165) is 12.1 Å². The number of hydrogen-bond acceptors (Lipinski definition) is 3. The van der Waals surface area contributed by atoms with Crippen LogP contribution in [-0.4, -0.2) is 32.9 Å². The predicted octanol–water partition coefficient (Wildman–Crippen LogP) is 1.97. The SMILES string of the molecule is CCCN(C)S(=O)(=O)c1cc(CNCC)ccc1F. The molecule has 0 radical (unpaired) electrons. The van der Waals surface area contributed by atoms with Crippen molar-refractivity contribution >= 4 is 10.0 Å². The lowest BCUT2D eigenvalue weighted by Crippen LogP contribution is -2.28. The van der Waals surface area contributed by atoms with E-state index in [1.54, 1.807) is 6.07 Å². The van der Waals surface area contributed by atoms with E-state index in [0.29, 0.717) is 19.5 Å². The van der Waals surface area contributed by atoms with Crippen molar-refractivity contribution in [3.05, 3.63) is 29.6 Å². The number of halogens is 1. The molecule has 19 heavy (non-hydrogen) atoms. The Morgan fingerprint density at radius 2 is 2.00 bits per heavy atom. The summed E-state index contributed by atoms with van der Waals surface area (Å²) in [4.78, 5) is -0.251. The summed E-state index contributed by atoms with van der Waals surface area (Å²) in [6.45, 7) is 5.51. The van der Waals surface area contributed by atoms with Gasteiger partial charge in [0.05, 0.1) is 0 Å². The van der Waals surface area contributed by atoms with Gasteiger partial charge in [-0.05, 0) is 30.7 Å². The minimum atomic E-state index is -3.75. The summed E-state index contributed by atoms with van der Waals surface area (Å²) in [5.74, 6) is -0.705. The summed E-state index contributed by atoms with van der Waals surface area (Å²) in [7, 11) is -2.28. The van der Waals surface area contributed by atoms with E-state index in [9.17, 15) is 12.8 Å². The zero-order chi connectivity index (χ0) is 14.5. The quantitative estimate of drug-likeness (QED) is 0.834. The van der Waals surface area contributed by atoms with Crippen LogP contribution in [0.3, 0.4) is 0 Å². The van der Waals surface area contributed by atoms with Gasteiger partial charge in [0.25, 0.3) is 0 Å². The molecule has 0 bridgehead atoms. The molecule has 1 aromatic carbocycles. The van der Waals surface area contributed by atoms with E-state index in [1.165, 1.54) is 23.5 Å². The van der Waals surface area contributed by atoms with Crippen molar-refractivity contribution in [1.82, 2.24) is 9.62 Å². The highest BCUT2D eigenvalue weighted by Gasteiger charge is 2.24. The van der Waals surface area contributed by atoms with Gasteiger partial charge in [-0.3, -0.25) is 0 Å². The maximum Gasteiger partial charge on any atom is 0.245 e. The summed E-state index contributed by atoms with van der Waals surface area (Å²) >= 11 is 0. The highest BCUT2D eigenvalue weighted by molar-refractivity contribution is 7.89. The maximum absolute atomic E-state index is 13.8. The monoisotopic (exact) mass is 288 g/mol. The first-order valence-corrected chi connectivity index (χ1v) is 7.83. The van der Waals surface area contributed by atoms with E-state index in [2.05, 4.69) is 5.32 Å². The fourth-order valence-corrected chi connectivity index (χ4v) is 3.10. The average molecular weight is 288 g/mol. The Kier molecular flexibility index (Phi) is 5.90. The molecule has 0 aromatic heterocycles. The van der Waals surface area contributed by atoms with Crippen LogP contribution in [0.25, 0.3) is 0 Å². The molecule has 0 spiro atoms. The lowest BCUT2D eigenvalue weighted by Gasteiger charge is -2.17. The molecule has 108 valence electrons. The largest absolute Gasteiger partial charge is 0.313 e. The van der Waals surface area contributed by atoms with Crippen molar-refractivity contribution in [3.63, 3.8) is 0 Å². The van der Waals surface area contributed by atoms with Crippen LogP contribution in [0.2, 0.25) is 0 Å². The predicted molar refractivity (Wildman–Crippen MR) is 73.9 cm³/mol. The van der Waals surface area contributed by atoms with Gasteiger partial charge in [-0.25, -0.2) is 17.1 Å². The van der Waals surface area contributed by atoms with Gasteiger partial charge in [-0.15, -0.1) is 0 Å². The number of benzene rings is 1. The molecule has 4 nitrogen and oxygen atoms in total. The van der Waals surface area contributed by atoms with Gasteiger partial charge in [0.2, 0.25) is 10.0 Å². The van der Waals surface area contributed by atoms with E-state index >= 15 is 0 Å². The molecular weight excluding hydrogens is 267 g/mol. The van der Waals surface area contributed by atoms with Crippen LogP contribution in [0.15, 0.2) is 23.1 Å². The Morgan fingerprint density at radius 3 is 2.58 bits per heavy atom. The van der Waals surface area contributed by atoms with Crippen molar-refractivity contribution in [2.75, 3.05) is 20.1 Å². The summed E-state index contributed by atoms with van der Waals surface area (Å²) in [5.41, 5.74) is 0.756. The van der Waals surface area contributed by atoms with Crippen molar-refractivity contribution in [2.45, 2.75) is 31.7 Å². The molecule has 1 N–H and O–H groups in total. The second-order valence-corrected chi connectivity index (χ2v) is 6.38. The molecule has 0 atom stereocenters. The Bertz CT molecular complexity index is 517. The fourth-order valence-electron chi connectivity index (χ4n) is 1.73. The Labute approximate surface area is 114 Å². The lowest BCUT2D eigenvalue weighted by molar-refractivity contribution is 0.461. The van der Waals surface area contributed by atoms with Gasteiger partial charge < -0.3 is 5.32 Å². The number of nitrogens with one attached hydrogen (secondary N) is 1. The highest BCUT2D eigenvalue weighted by atomic mass is 32.2. The van der Waals surface area contributed by atoms with Gasteiger partial charge in [0.1, 0.15) is 10.7 Å². The van der Waals surface area contributed by atoms with Crippen LogP contribution in [0.1, 0.15) is 25.8 Å². The molecule has 0 amide bonds. The van der Waals surface area contributed by atoms with Crippen molar-refractivity contribution in [2.24, 2.45) is 0 Å². The average Bonchev–Trinajstić information content (AvgIpc) is 2.37. The smallest absolute Gasteiger partial charge is 0.245 e. The highest BCUT2D eigenvalue weighted by Crippen LogP contribution is 2.20. The molecule has 0 heterocycles. The third-order valence-corrected chi connectivity index (χ3v) is 4.67. The summed E-state index contributed by atoms with van der Waals surface area (Å²) in [5, 5.41) is 3.09. The summed E-state index contributed by atoms with van der Waals surface area (Å²) < 4.78 is 39.4. The molecule has 0 saturated heterocycles. The van der Waals surface area contributed by atoms with Crippen molar-refractivity contribution in [3.8, 4) is 0 Å².